The summed E-state index contributed by atoms with van der Waals surface area (Å²) in [4.78, 5) is 49.6. The molecule has 0 heterocycles. The Morgan fingerprint density at radius 3 is 2.16 bits per heavy atom. The van der Waals surface area contributed by atoms with Gasteiger partial charge < -0.3 is 23.7 Å². The maximum Gasteiger partial charge on any atom is 0.412 e. The van der Waals surface area contributed by atoms with E-state index in [1.807, 2.05) is 55.5 Å². The third-order valence-electron chi connectivity index (χ3n) is 17.4. The molecular formula is C58H81NO10. The molecule has 7 rings (SSSR count). The van der Waals surface area contributed by atoms with E-state index in [0.29, 0.717) is 54.8 Å². The molecule has 11 nitrogen and oxygen atoms in total. The first-order valence-corrected chi connectivity index (χ1v) is 26.2. The molecule has 3 aromatic rings. The van der Waals surface area contributed by atoms with E-state index in [4.69, 9.17) is 33.5 Å². The van der Waals surface area contributed by atoms with Gasteiger partial charge in [-0.3, -0.25) is 15.0 Å². The van der Waals surface area contributed by atoms with Crippen molar-refractivity contribution in [1.82, 2.24) is 5.32 Å². The van der Waals surface area contributed by atoms with Crippen LogP contribution in [-0.4, -0.2) is 57.3 Å². The van der Waals surface area contributed by atoms with Gasteiger partial charge >= 0.3 is 18.0 Å². The standard InChI is InChI=1S/C58H81NO10/c1-10-46(32-34-65-36-44-18-17-43(41-19-24-47(63-8)25-20-41)35-50(44)42-21-26-48(64-9)27-22-42)67-58(37-60,69-68-40(5)61)59-55(62)66-54-16-12-15-45-23-28-49-52-30-29-51(39(4)14-11-13-38(2)3)56(52,6)33-31-53(49)57(45,54)7/h17-22,24-27,35,37-39,45-46,49,51-54H,10-16,23,28-34,36H2,1-9H3,(H,59,62)/t39-,45+,46?,49+,51-,52-,53-,54?,56+,57-,58?/m0/s1. The van der Waals surface area contributed by atoms with E-state index in [1.54, 1.807) is 14.2 Å². The van der Waals surface area contributed by atoms with Crippen molar-refractivity contribution in [2.75, 3.05) is 20.8 Å². The zero-order chi connectivity index (χ0) is 49.3. The fraction of sp³-hybridized carbons (Fsp3) is 0.638. The lowest BCUT2D eigenvalue weighted by atomic mass is 9.44. The molecular weight excluding hydrogens is 871 g/mol. The molecule has 0 saturated heterocycles. The quantitative estimate of drug-likeness (QED) is 0.0342. The number of hydrogen-bond acceptors (Lipinski definition) is 10. The lowest BCUT2D eigenvalue weighted by molar-refractivity contribution is -0.397. The zero-order valence-electron chi connectivity index (χ0n) is 43.0. The van der Waals surface area contributed by atoms with Crippen molar-refractivity contribution in [3.63, 3.8) is 0 Å². The average Bonchev–Trinajstić information content (AvgIpc) is 3.71. The second-order valence-electron chi connectivity index (χ2n) is 21.8. The number of carbonyl (C=O) groups excluding carboxylic acids is 3. The van der Waals surface area contributed by atoms with Gasteiger partial charge in [0.15, 0.2) is 0 Å². The van der Waals surface area contributed by atoms with Crippen molar-refractivity contribution < 1.29 is 47.8 Å². The summed E-state index contributed by atoms with van der Waals surface area (Å²) < 4.78 is 29.8. The number of methoxy groups -OCH3 is 2. The number of fused-ring (bicyclic) bond motifs is 5. The first-order valence-electron chi connectivity index (χ1n) is 26.2. The van der Waals surface area contributed by atoms with Crippen LogP contribution in [0.4, 0.5) is 4.79 Å². The van der Waals surface area contributed by atoms with Crippen LogP contribution >= 0.6 is 0 Å². The molecule has 0 aromatic heterocycles. The van der Waals surface area contributed by atoms with Gasteiger partial charge in [-0.25, -0.2) is 9.59 Å². The normalized spacial score (nSPS) is 28.0. The number of aldehydes is 1. The average molecular weight is 952 g/mol. The topological polar surface area (TPSA) is 128 Å². The highest BCUT2D eigenvalue weighted by Gasteiger charge is 2.63. The molecule has 0 radical (unpaired) electrons. The van der Waals surface area contributed by atoms with E-state index >= 15 is 0 Å². The van der Waals surface area contributed by atoms with Gasteiger partial charge in [0, 0.05) is 18.9 Å². The summed E-state index contributed by atoms with van der Waals surface area (Å²) in [6.45, 7) is 15.8. The summed E-state index contributed by atoms with van der Waals surface area (Å²) >= 11 is 0. The number of benzene rings is 3. The summed E-state index contributed by atoms with van der Waals surface area (Å²) in [6, 6.07) is 22.2. The monoisotopic (exact) mass is 952 g/mol. The molecule has 11 heteroatoms. The number of nitrogens with one attached hydrogen (secondary N) is 1. The number of rotatable bonds is 22. The third kappa shape index (κ3) is 11.8. The highest BCUT2D eigenvalue weighted by molar-refractivity contribution is 5.76. The van der Waals surface area contributed by atoms with E-state index in [0.717, 1.165) is 96.1 Å². The summed E-state index contributed by atoms with van der Waals surface area (Å²) in [7, 11) is 3.30. The Kier molecular flexibility index (Phi) is 17.6. The minimum absolute atomic E-state index is 0.200. The SMILES string of the molecule is CCC(CCOCc1ccc(-c2ccc(OC)cc2)cc1-c1ccc(OC)cc1)OC(C=O)(NC(=O)OC1CCC[C@@H]2CC[C@@H]3[C@@H]4CC[C@@H]([C@@H](C)CCCC(C)C)[C@@]4(C)CC[C@@H]3[C@@]12C)OOC(C)=O. The van der Waals surface area contributed by atoms with Gasteiger partial charge in [-0.2, -0.15) is 0 Å². The van der Waals surface area contributed by atoms with E-state index < -0.39 is 24.1 Å². The first-order chi connectivity index (χ1) is 33.2. The largest absolute Gasteiger partial charge is 0.497 e. The van der Waals surface area contributed by atoms with Crippen molar-refractivity contribution in [1.29, 1.82) is 0 Å². The molecule has 0 spiro atoms. The lowest BCUT2D eigenvalue weighted by Gasteiger charge is -2.62. The Morgan fingerprint density at radius 1 is 0.812 bits per heavy atom. The molecule has 69 heavy (non-hydrogen) atoms. The van der Waals surface area contributed by atoms with Crippen molar-refractivity contribution in [3.05, 3.63) is 72.3 Å². The van der Waals surface area contributed by atoms with Gasteiger partial charge in [-0.05, 0) is 176 Å². The van der Waals surface area contributed by atoms with Crippen LogP contribution in [0.3, 0.4) is 0 Å². The molecule has 4 fully saturated rings. The fourth-order valence-electron chi connectivity index (χ4n) is 13.8. The highest BCUT2D eigenvalue weighted by Crippen LogP contribution is 2.68. The second-order valence-corrected chi connectivity index (χ2v) is 21.8. The minimum atomic E-state index is -2.44. The van der Waals surface area contributed by atoms with Crippen LogP contribution in [0.1, 0.15) is 144 Å². The number of alkyl carbamates (subject to hydrolysis) is 1. The van der Waals surface area contributed by atoms with Crippen LogP contribution < -0.4 is 14.8 Å². The van der Waals surface area contributed by atoms with Crippen molar-refractivity contribution in [3.8, 4) is 33.8 Å². The molecule has 4 aliphatic rings. The molecule has 11 atom stereocenters. The Balaban J connectivity index is 1.01. The summed E-state index contributed by atoms with van der Waals surface area (Å²) in [5, 5.41) is 2.58. The maximum atomic E-state index is 14.2. The maximum absolute atomic E-state index is 14.2. The molecule has 3 unspecified atom stereocenters. The molecule has 4 saturated carbocycles. The minimum Gasteiger partial charge on any atom is -0.497 e. The van der Waals surface area contributed by atoms with Crippen LogP contribution in [0.15, 0.2) is 66.7 Å². The molecule has 1 amide bonds. The Morgan fingerprint density at radius 2 is 1.51 bits per heavy atom. The summed E-state index contributed by atoms with van der Waals surface area (Å²) in [5.41, 5.74) is 5.26. The van der Waals surface area contributed by atoms with E-state index in [2.05, 4.69) is 58.1 Å². The predicted molar refractivity (Wildman–Crippen MR) is 268 cm³/mol. The van der Waals surface area contributed by atoms with Crippen molar-refractivity contribution in [2.24, 2.45) is 52.3 Å². The van der Waals surface area contributed by atoms with Gasteiger partial charge in [0.2, 0.25) is 6.29 Å². The number of hydrogen-bond donors (Lipinski definition) is 1. The van der Waals surface area contributed by atoms with Crippen molar-refractivity contribution >= 4 is 18.3 Å². The van der Waals surface area contributed by atoms with Gasteiger partial charge in [-0.1, -0.05) is 97.2 Å². The van der Waals surface area contributed by atoms with Gasteiger partial charge in [0.1, 0.15) is 17.6 Å². The van der Waals surface area contributed by atoms with Crippen LogP contribution in [0.25, 0.3) is 22.3 Å². The van der Waals surface area contributed by atoms with E-state index in [9.17, 15) is 14.4 Å². The molecule has 1 N–H and O–H groups in total. The summed E-state index contributed by atoms with van der Waals surface area (Å²) in [5.74, 6) is 2.76. The van der Waals surface area contributed by atoms with Gasteiger partial charge in [0.25, 0.3) is 0 Å². The first kappa shape index (κ1) is 52.4. The number of amides is 1. The molecule has 3 aromatic carbocycles. The molecule has 0 aliphatic heterocycles. The van der Waals surface area contributed by atoms with Crippen LogP contribution in [-0.2, 0) is 40.2 Å². The third-order valence-corrected chi connectivity index (χ3v) is 17.4. The number of carbonyl (C=O) groups is 3. The van der Waals surface area contributed by atoms with Crippen LogP contribution in [0, 0.1) is 52.3 Å². The highest BCUT2D eigenvalue weighted by atomic mass is 17.2. The van der Waals surface area contributed by atoms with Crippen molar-refractivity contribution in [2.45, 2.75) is 163 Å². The van der Waals surface area contributed by atoms with E-state index in [-0.39, 0.29) is 18.1 Å². The van der Waals surface area contributed by atoms with Gasteiger partial charge in [-0.15, -0.1) is 4.89 Å². The number of ether oxygens (including phenoxy) is 5. The summed E-state index contributed by atoms with van der Waals surface area (Å²) in [6.07, 6.45) is 13.5. The molecule has 0 bridgehead atoms. The lowest BCUT2D eigenvalue weighted by Crippen LogP contribution is -2.60. The Labute approximate surface area is 412 Å². The smallest absolute Gasteiger partial charge is 0.412 e. The second kappa shape index (κ2) is 23.2. The van der Waals surface area contributed by atoms with Crippen LogP contribution in [0.2, 0.25) is 0 Å². The van der Waals surface area contributed by atoms with Gasteiger partial charge in [0.05, 0.1) is 26.9 Å². The molecule has 4 aliphatic carbocycles. The Hall–Kier alpha value is -4.45. The Bertz CT molecular complexity index is 2160. The predicted octanol–water partition coefficient (Wildman–Crippen LogP) is 13.3. The zero-order valence-corrected chi connectivity index (χ0v) is 43.0. The molecule has 378 valence electrons. The van der Waals surface area contributed by atoms with Crippen LogP contribution in [0.5, 0.6) is 11.5 Å². The fourth-order valence-corrected chi connectivity index (χ4v) is 13.8. The van der Waals surface area contributed by atoms with E-state index in [1.165, 1.54) is 44.9 Å².